The van der Waals surface area contributed by atoms with Gasteiger partial charge in [0.05, 0.1) is 31.5 Å². The molecule has 16 atom stereocenters. The third-order valence-corrected chi connectivity index (χ3v) is 7.42. The van der Waals surface area contributed by atoms with Crippen LogP contribution < -0.4 is 16.8 Å². The lowest BCUT2D eigenvalue weighted by Gasteiger charge is -2.46. The van der Waals surface area contributed by atoms with Gasteiger partial charge >= 0.3 is 5.97 Å². The number of hydrogen-bond donors (Lipinski definition) is 11. The number of rotatable bonds is 6. The van der Waals surface area contributed by atoms with Crippen molar-refractivity contribution in [1.29, 1.82) is 0 Å². The van der Waals surface area contributed by atoms with Crippen LogP contribution in [-0.2, 0) is 23.7 Å². The van der Waals surface area contributed by atoms with Crippen molar-refractivity contribution in [2.24, 2.45) is 11.5 Å². The molecule has 0 radical (unpaired) electrons. The number of hydrogen-bond acceptors (Lipinski definition) is 16. The van der Waals surface area contributed by atoms with Gasteiger partial charge in [0.1, 0.15) is 48.8 Å². The molecule has 1 spiro atoms. The van der Waals surface area contributed by atoms with Crippen molar-refractivity contribution in [3.05, 3.63) is 0 Å². The molecule has 16 heteroatoms. The van der Waals surface area contributed by atoms with Crippen molar-refractivity contribution < 1.29 is 64.5 Å². The minimum Gasteiger partial charge on any atom is -0.395 e. The smallest absolute Gasteiger partial charge is 0.314 e. The summed E-state index contributed by atoms with van der Waals surface area (Å²) in [6.45, 7) is -1.33. The van der Waals surface area contributed by atoms with Crippen LogP contribution in [0.2, 0.25) is 0 Å². The van der Waals surface area contributed by atoms with Crippen LogP contribution in [0.5, 0.6) is 0 Å². The highest BCUT2D eigenvalue weighted by atomic mass is 16.9. The zero-order chi connectivity index (χ0) is 26.5. The van der Waals surface area contributed by atoms with Gasteiger partial charge in [-0.05, 0) is 13.5 Å². The van der Waals surface area contributed by atoms with Crippen molar-refractivity contribution in [2.75, 3.05) is 20.3 Å². The molecule has 0 aromatic heterocycles. The lowest BCUT2D eigenvalue weighted by molar-refractivity contribution is -0.439. The van der Waals surface area contributed by atoms with E-state index in [9.17, 15) is 40.9 Å². The van der Waals surface area contributed by atoms with Gasteiger partial charge in [-0.1, -0.05) is 0 Å². The maximum atomic E-state index is 10.7. The fraction of sp³-hybridized carbons (Fsp3) is 1.00. The molecule has 0 aromatic carbocycles. The van der Waals surface area contributed by atoms with Crippen LogP contribution >= 0.6 is 0 Å². The summed E-state index contributed by atoms with van der Waals surface area (Å²) < 4.78 is 28.7. The number of fused-ring (bicyclic) bond motifs is 1. The van der Waals surface area contributed by atoms with Gasteiger partial charge in [0.2, 0.25) is 0 Å². The van der Waals surface area contributed by atoms with Crippen molar-refractivity contribution in [3.8, 4) is 0 Å². The van der Waals surface area contributed by atoms with Crippen LogP contribution in [0.4, 0.5) is 0 Å². The van der Waals surface area contributed by atoms with Gasteiger partial charge in [-0.15, -0.1) is 0 Å². The lowest BCUT2D eigenvalue weighted by atomic mass is 9.84. The van der Waals surface area contributed by atoms with Gasteiger partial charge in [-0.3, -0.25) is 0 Å². The van der Waals surface area contributed by atoms with Crippen LogP contribution in [0.3, 0.4) is 0 Å². The zero-order valence-corrected chi connectivity index (χ0v) is 19.6. The topological polar surface area (TPSA) is 272 Å². The van der Waals surface area contributed by atoms with E-state index in [-0.39, 0.29) is 6.42 Å². The first-order valence-electron chi connectivity index (χ1n) is 11.8. The van der Waals surface area contributed by atoms with Crippen molar-refractivity contribution in [1.82, 2.24) is 5.32 Å². The van der Waals surface area contributed by atoms with E-state index in [1.165, 1.54) is 0 Å². The van der Waals surface area contributed by atoms with Gasteiger partial charge in [0.15, 0.2) is 12.4 Å². The van der Waals surface area contributed by atoms with Gasteiger partial charge in [0, 0.05) is 12.1 Å². The maximum absolute atomic E-state index is 10.7. The minimum atomic E-state index is -2.48. The summed E-state index contributed by atoms with van der Waals surface area (Å²) in [7, 11) is 1.60. The van der Waals surface area contributed by atoms with E-state index in [4.69, 9.17) is 35.2 Å². The number of aliphatic hydroxyl groups is 8. The average Bonchev–Trinajstić information content (AvgIpc) is 3.27. The molecular weight excluding hydrogens is 490 g/mol. The van der Waals surface area contributed by atoms with Crippen molar-refractivity contribution in [2.45, 2.75) is 104 Å². The normalized spacial score (nSPS) is 54.4. The third-order valence-electron chi connectivity index (χ3n) is 7.42. The second-order valence-corrected chi connectivity index (χ2v) is 9.72. The average molecular weight is 528 g/mol. The van der Waals surface area contributed by atoms with Crippen LogP contribution in [-0.4, -0.2) is 159 Å². The predicted molar refractivity (Wildman–Crippen MR) is 115 cm³/mol. The molecule has 210 valence electrons. The molecular formula is C20H37N3O13. The Morgan fingerprint density at radius 3 is 2.22 bits per heavy atom. The van der Waals surface area contributed by atoms with Crippen LogP contribution in [0.1, 0.15) is 6.42 Å². The van der Waals surface area contributed by atoms with E-state index in [0.717, 1.165) is 0 Å². The van der Waals surface area contributed by atoms with Gasteiger partial charge < -0.3 is 81.3 Å². The third kappa shape index (κ3) is 4.68. The first-order valence-corrected chi connectivity index (χ1v) is 11.8. The van der Waals surface area contributed by atoms with E-state index in [2.05, 4.69) is 5.32 Å². The fourth-order valence-electron chi connectivity index (χ4n) is 5.23. The first kappa shape index (κ1) is 28.4. The standard InChI is InChI=1S/C20H37N3O13/c1-23-7-2-5(21)9(26)15(10(7)27)33-19-17-16(11(28)8(4-25)32-19)35-20(36-17)18(31)13(30)12(29)14(34-20)6(22)3-24/h5-19,23-31H,2-4,21-22H2,1H3/t5-,6+,7+,8-,9+,10-,11+,12-,13-,14-,15-,16+,17+,18-,19+,20+/m1/s1. The molecule has 1 aliphatic carbocycles. The van der Waals surface area contributed by atoms with E-state index >= 15 is 0 Å². The highest BCUT2D eigenvalue weighted by molar-refractivity contribution is 5.05. The second-order valence-electron chi connectivity index (χ2n) is 9.72. The number of likely N-dealkylation sites (N-methyl/N-ethyl adjacent to an activating group) is 1. The lowest BCUT2D eigenvalue weighted by Crippen LogP contribution is -2.69. The molecule has 36 heavy (non-hydrogen) atoms. The molecule has 0 bridgehead atoms. The summed E-state index contributed by atoms with van der Waals surface area (Å²) in [5, 5.41) is 85.6. The molecule has 0 amide bonds. The minimum absolute atomic E-state index is 0.254. The van der Waals surface area contributed by atoms with E-state index < -0.39 is 111 Å². The van der Waals surface area contributed by atoms with Crippen LogP contribution in [0.25, 0.3) is 0 Å². The SMILES string of the molecule is CN[C@H]1C[C@@H](N)[C@H](O)[C@@H](O[C@@H]2O[C@H](CO)[C@H](O)[C@@H]3O[C@@]4(O[C@H]23)O[C@H]([C@@H](N)CO)[C@H](O)[C@@H](O)[C@H]4O)[C@@H]1O. The molecule has 0 aromatic rings. The molecule has 0 unspecified atom stereocenters. The summed E-state index contributed by atoms with van der Waals surface area (Å²) >= 11 is 0. The summed E-state index contributed by atoms with van der Waals surface area (Å²) in [6, 6.07) is -2.50. The number of aliphatic hydroxyl groups excluding tert-OH is 8. The van der Waals surface area contributed by atoms with Gasteiger partial charge in [-0.2, -0.15) is 0 Å². The Bertz CT molecular complexity index is 756. The Balaban J connectivity index is 1.62. The molecule has 1 saturated carbocycles. The quantitative estimate of drug-likeness (QED) is 0.153. The van der Waals surface area contributed by atoms with Gasteiger partial charge in [0.25, 0.3) is 0 Å². The highest BCUT2D eigenvalue weighted by Gasteiger charge is 2.67. The fourth-order valence-corrected chi connectivity index (χ4v) is 5.23. The zero-order valence-electron chi connectivity index (χ0n) is 19.6. The van der Waals surface area contributed by atoms with E-state index in [1.54, 1.807) is 7.05 Å². The van der Waals surface area contributed by atoms with Crippen molar-refractivity contribution >= 4 is 0 Å². The molecule has 4 aliphatic rings. The van der Waals surface area contributed by atoms with E-state index in [0.29, 0.717) is 0 Å². The largest absolute Gasteiger partial charge is 0.395 e. The molecule has 13 N–H and O–H groups in total. The summed E-state index contributed by atoms with van der Waals surface area (Å²) in [5.74, 6) is -2.48. The molecule has 3 saturated heterocycles. The molecule has 16 nitrogen and oxygen atoms in total. The van der Waals surface area contributed by atoms with Crippen LogP contribution in [0, 0.1) is 0 Å². The number of ether oxygens (including phenoxy) is 5. The second kappa shape index (κ2) is 10.9. The summed E-state index contributed by atoms with van der Waals surface area (Å²) in [6.07, 6.45) is -17.7. The number of nitrogens with one attached hydrogen (secondary N) is 1. The first-order chi connectivity index (χ1) is 17.0. The molecule has 4 rings (SSSR count). The summed E-state index contributed by atoms with van der Waals surface area (Å²) in [5.41, 5.74) is 11.8. The van der Waals surface area contributed by atoms with Crippen LogP contribution in [0.15, 0.2) is 0 Å². The van der Waals surface area contributed by atoms with E-state index in [1.807, 2.05) is 0 Å². The summed E-state index contributed by atoms with van der Waals surface area (Å²) in [4.78, 5) is 0. The molecule has 3 heterocycles. The maximum Gasteiger partial charge on any atom is 0.314 e. The van der Waals surface area contributed by atoms with Crippen molar-refractivity contribution in [3.63, 3.8) is 0 Å². The highest BCUT2D eigenvalue weighted by Crippen LogP contribution is 2.45. The Hall–Kier alpha value is -0.640. The Labute approximate surface area is 206 Å². The Kier molecular flexibility index (Phi) is 8.55. The molecule has 3 aliphatic heterocycles. The molecule has 4 fully saturated rings. The Morgan fingerprint density at radius 2 is 1.61 bits per heavy atom. The number of nitrogens with two attached hydrogens (primary N) is 2. The monoisotopic (exact) mass is 527 g/mol. The van der Waals surface area contributed by atoms with Gasteiger partial charge in [-0.25, -0.2) is 0 Å². The Morgan fingerprint density at radius 1 is 0.944 bits per heavy atom. The predicted octanol–water partition coefficient (Wildman–Crippen LogP) is -7.27.